The van der Waals surface area contributed by atoms with Crippen LogP contribution in [0.2, 0.25) is 5.02 Å². The van der Waals surface area contributed by atoms with E-state index >= 15 is 0 Å². The van der Waals surface area contributed by atoms with Crippen molar-refractivity contribution in [1.29, 1.82) is 0 Å². The number of fused-ring (bicyclic) bond motifs is 1. The Morgan fingerprint density at radius 2 is 1.93 bits per heavy atom. The molecule has 2 atom stereocenters. The summed E-state index contributed by atoms with van der Waals surface area (Å²) >= 11 is 7.91. The zero-order valence-electron chi connectivity index (χ0n) is 15.2. The lowest BCUT2D eigenvalue weighted by atomic mass is 10.1. The van der Waals surface area contributed by atoms with E-state index < -0.39 is 9.84 Å². The number of aliphatic imine (C=N–C) groups is 1. The highest BCUT2D eigenvalue weighted by Crippen LogP contribution is 2.37. The van der Waals surface area contributed by atoms with Gasteiger partial charge in [-0.1, -0.05) is 47.6 Å². The molecule has 7 heteroatoms. The molecular weight excluding hydrogens is 400 g/mol. The van der Waals surface area contributed by atoms with Gasteiger partial charge in [-0.15, -0.1) is 0 Å². The molecule has 4 nitrogen and oxygen atoms in total. The van der Waals surface area contributed by atoms with Gasteiger partial charge in [0.15, 0.2) is 15.0 Å². The zero-order valence-corrected chi connectivity index (χ0v) is 17.6. The maximum Gasteiger partial charge on any atom is 0.164 e. The van der Waals surface area contributed by atoms with Crippen LogP contribution in [0.5, 0.6) is 0 Å². The average molecular weight is 421 g/mol. The third kappa shape index (κ3) is 3.75. The molecule has 2 unspecified atom stereocenters. The van der Waals surface area contributed by atoms with Crippen LogP contribution in [0, 0.1) is 13.8 Å². The van der Waals surface area contributed by atoms with Crippen LogP contribution in [0.15, 0.2) is 47.5 Å². The summed E-state index contributed by atoms with van der Waals surface area (Å²) in [7, 11) is -3.04. The fourth-order valence-electron chi connectivity index (χ4n) is 3.57. The minimum absolute atomic E-state index is 0.120. The van der Waals surface area contributed by atoms with Crippen molar-refractivity contribution in [3.8, 4) is 0 Å². The average Bonchev–Trinajstić information content (AvgIpc) is 3.08. The summed E-state index contributed by atoms with van der Waals surface area (Å²) in [6.45, 7) is 4.15. The van der Waals surface area contributed by atoms with Crippen molar-refractivity contribution in [2.24, 2.45) is 4.99 Å². The fourth-order valence-corrected chi connectivity index (χ4v) is 6.82. The topological polar surface area (TPSA) is 49.7 Å². The second kappa shape index (κ2) is 7.15. The maximum absolute atomic E-state index is 12.2. The number of hydrogen-bond acceptors (Lipinski definition) is 5. The van der Waals surface area contributed by atoms with Gasteiger partial charge in [0.05, 0.1) is 23.6 Å². The molecule has 0 aromatic heterocycles. The number of nitrogens with zero attached hydrogens (tertiary/aromatic N) is 2. The Balaban J connectivity index is 1.65. The molecule has 0 aliphatic carbocycles. The van der Waals surface area contributed by atoms with Gasteiger partial charge in [0.25, 0.3) is 0 Å². The van der Waals surface area contributed by atoms with E-state index in [1.807, 2.05) is 24.3 Å². The number of sulfone groups is 1. The Labute approximate surface area is 169 Å². The van der Waals surface area contributed by atoms with E-state index in [-0.39, 0.29) is 23.6 Å². The molecule has 2 aromatic rings. The lowest BCUT2D eigenvalue weighted by Crippen LogP contribution is -2.39. The SMILES string of the molecule is Cc1ccc(N2C(SCc3ccccc3Cl)=NC3CS(=O)(=O)CC32)cc1C. The van der Waals surface area contributed by atoms with Gasteiger partial charge in [-0.25, -0.2) is 8.42 Å². The van der Waals surface area contributed by atoms with E-state index in [1.165, 1.54) is 11.1 Å². The molecule has 4 rings (SSSR count). The van der Waals surface area contributed by atoms with Gasteiger partial charge in [-0.2, -0.15) is 0 Å². The standard InChI is InChI=1S/C20H21ClN2O2S2/c1-13-7-8-16(9-14(13)2)23-19-12-27(24,25)11-18(19)22-20(23)26-10-15-5-3-4-6-17(15)21/h3-9,18-19H,10-12H2,1-2H3. The Kier molecular flexibility index (Phi) is 4.99. The molecule has 0 bridgehead atoms. The van der Waals surface area contributed by atoms with Crippen molar-refractivity contribution in [2.75, 3.05) is 16.4 Å². The van der Waals surface area contributed by atoms with Gasteiger partial charge in [0.1, 0.15) is 0 Å². The predicted molar refractivity (Wildman–Crippen MR) is 115 cm³/mol. The minimum Gasteiger partial charge on any atom is -0.315 e. The first-order chi connectivity index (χ1) is 12.8. The number of rotatable bonds is 3. The lowest BCUT2D eigenvalue weighted by Gasteiger charge is -2.27. The van der Waals surface area contributed by atoms with Crippen molar-refractivity contribution in [3.05, 3.63) is 64.2 Å². The predicted octanol–water partition coefficient (Wildman–Crippen LogP) is 4.23. The summed E-state index contributed by atoms with van der Waals surface area (Å²) in [5, 5.41) is 1.62. The molecule has 1 saturated heterocycles. The molecule has 0 saturated carbocycles. The number of benzene rings is 2. The molecule has 27 heavy (non-hydrogen) atoms. The highest BCUT2D eigenvalue weighted by atomic mass is 35.5. The van der Waals surface area contributed by atoms with Crippen LogP contribution >= 0.6 is 23.4 Å². The van der Waals surface area contributed by atoms with Crippen molar-refractivity contribution < 1.29 is 8.42 Å². The molecule has 2 heterocycles. The fraction of sp³-hybridized carbons (Fsp3) is 0.350. The van der Waals surface area contributed by atoms with Crippen LogP contribution < -0.4 is 4.90 Å². The summed E-state index contributed by atoms with van der Waals surface area (Å²) in [5.74, 6) is 0.992. The largest absolute Gasteiger partial charge is 0.315 e. The summed E-state index contributed by atoms with van der Waals surface area (Å²) in [4.78, 5) is 6.90. The third-order valence-corrected chi connectivity index (χ3v) is 8.27. The van der Waals surface area contributed by atoms with E-state index in [1.54, 1.807) is 11.8 Å². The van der Waals surface area contributed by atoms with Crippen LogP contribution in [0.4, 0.5) is 5.69 Å². The number of aryl methyl sites for hydroxylation is 2. The Hall–Kier alpha value is -1.50. The molecule has 142 valence electrons. The Bertz CT molecular complexity index is 1020. The van der Waals surface area contributed by atoms with E-state index in [0.717, 1.165) is 21.4 Å². The second-order valence-electron chi connectivity index (χ2n) is 7.14. The van der Waals surface area contributed by atoms with Gasteiger partial charge < -0.3 is 4.90 Å². The van der Waals surface area contributed by atoms with Gasteiger partial charge >= 0.3 is 0 Å². The van der Waals surface area contributed by atoms with Gasteiger partial charge in [-0.05, 0) is 48.7 Å². The first-order valence-corrected chi connectivity index (χ1v) is 12.0. The number of amidine groups is 1. The highest BCUT2D eigenvalue weighted by molar-refractivity contribution is 8.13. The molecule has 0 amide bonds. The van der Waals surface area contributed by atoms with E-state index in [4.69, 9.17) is 16.6 Å². The van der Waals surface area contributed by atoms with E-state index in [9.17, 15) is 8.42 Å². The number of thioether (sulfide) groups is 1. The minimum atomic E-state index is -3.04. The monoisotopic (exact) mass is 420 g/mol. The first-order valence-electron chi connectivity index (χ1n) is 8.85. The molecule has 2 aliphatic heterocycles. The van der Waals surface area contributed by atoms with Gasteiger partial charge in [-0.3, -0.25) is 4.99 Å². The van der Waals surface area contributed by atoms with E-state index in [2.05, 4.69) is 36.9 Å². The van der Waals surface area contributed by atoms with Crippen molar-refractivity contribution in [3.63, 3.8) is 0 Å². The molecule has 2 aromatic carbocycles. The molecule has 0 radical (unpaired) electrons. The number of anilines is 1. The second-order valence-corrected chi connectivity index (χ2v) is 10.6. The Morgan fingerprint density at radius 1 is 1.15 bits per heavy atom. The molecule has 0 N–H and O–H groups in total. The van der Waals surface area contributed by atoms with Crippen LogP contribution in [-0.2, 0) is 15.6 Å². The van der Waals surface area contributed by atoms with Crippen molar-refractivity contribution in [1.82, 2.24) is 0 Å². The van der Waals surface area contributed by atoms with Gasteiger partial charge in [0.2, 0.25) is 0 Å². The molecular formula is C20H21ClN2O2S2. The van der Waals surface area contributed by atoms with Crippen LogP contribution in [-0.4, -0.2) is 37.2 Å². The summed E-state index contributed by atoms with van der Waals surface area (Å²) in [6, 6.07) is 13.7. The summed E-state index contributed by atoms with van der Waals surface area (Å²) in [5.41, 5.74) is 4.47. The van der Waals surface area contributed by atoms with Gasteiger partial charge in [0, 0.05) is 16.5 Å². The maximum atomic E-state index is 12.2. The van der Waals surface area contributed by atoms with Crippen LogP contribution in [0.1, 0.15) is 16.7 Å². The molecule has 0 spiro atoms. The number of halogens is 1. The molecule has 1 fully saturated rings. The summed E-state index contributed by atoms with van der Waals surface area (Å²) in [6.07, 6.45) is 0. The quantitative estimate of drug-likeness (QED) is 0.745. The highest BCUT2D eigenvalue weighted by Gasteiger charge is 2.47. The smallest absolute Gasteiger partial charge is 0.164 e. The Morgan fingerprint density at radius 3 is 2.67 bits per heavy atom. The lowest BCUT2D eigenvalue weighted by molar-refractivity contribution is 0.601. The summed E-state index contributed by atoms with van der Waals surface area (Å²) < 4.78 is 24.3. The molecule has 2 aliphatic rings. The third-order valence-electron chi connectivity index (χ3n) is 5.19. The number of hydrogen-bond donors (Lipinski definition) is 0. The first kappa shape index (κ1) is 18.8. The van der Waals surface area contributed by atoms with Crippen LogP contribution in [0.25, 0.3) is 0 Å². The van der Waals surface area contributed by atoms with Crippen molar-refractivity contribution >= 4 is 44.1 Å². The normalized spacial score (nSPS) is 23.4. The van der Waals surface area contributed by atoms with Crippen molar-refractivity contribution in [2.45, 2.75) is 31.7 Å². The van der Waals surface area contributed by atoms with E-state index in [0.29, 0.717) is 5.75 Å². The van der Waals surface area contributed by atoms with Crippen LogP contribution in [0.3, 0.4) is 0 Å². The zero-order chi connectivity index (χ0) is 19.2.